The van der Waals surface area contributed by atoms with Crippen molar-refractivity contribution in [2.45, 2.75) is 38.1 Å². The molecule has 1 amide bonds. The number of rotatable bonds is 6. The molecule has 0 radical (unpaired) electrons. The molecule has 26 heavy (non-hydrogen) atoms. The number of nitrogens with one attached hydrogen (secondary N) is 1. The second kappa shape index (κ2) is 8.62. The molecule has 2 atom stereocenters. The summed E-state index contributed by atoms with van der Waals surface area (Å²) in [5.74, 6) is 2.39. The Kier molecular flexibility index (Phi) is 6.25. The quantitative estimate of drug-likeness (QED) is 0.814. The number of ether oxygens (including phenoxy) is 2. The van der Waals surface area contributed by atoms with E-state index in [1.807, 2.05) is 23.1 Å². The van der Waals surface area contributed by atoms with Crippen LogP contribution >= 0.6 is 0 Å². The number of carbonyl (C=O) groups excluding carboxylic acids is 1. The zero-order valence-corrected chi connectivity index (χ0v) is 15.9. The van der Waals surface area contributed by atoms with Gasteiger partial charge < -0.3 is 25.4 Å². The van der Waals surface area contributed by atoms with Crippen LogP contribution in [0.15, 0.2) is 18.2 Å². The molecule has 6 heteroatoms. The van der Waals surface area contributed by atoms with Crippen LogP contribution in [-0.2, 0) is 4.79 Å². The molecule has 1 aliphatic carbocycles. The third kappa shape index (κ3) is 4.23. The van der Waals surface area contributed by atoms with Gasteiger partial charge in [-0.15, -0.1) is 0 Å². The zero-order valence-electron chi connectivity index (χ0n) is 15.9. The summed E-state index contributed by atoms with van der Waals surface area (Å²) >= 11 is 0. The highest BCUT2D eigenvalue weighted by Crippen LogP contribution is 2.33. The number of anilines is 1. The van der Waals surface area contributed by atoms with E-state index in [1.165, 1.54) is 0 Å². The molecule has 3 rings (SSSR count). The fraction of sp³-hybridized carbons (Fsp3) is 0.650. The van der Waals surface area contributed by atoms with Crippen molar-refractivity contribution in [3.63, 3.8) is 0 Å². The van der Waals surface area contributed by atoms with Gasteiger partial charge in [0.15, 0.2) is 0 Å². The molecule has 144 valence electrons. The summed E-state index contributed by atoms with van der Waals surface area (Å²) in [7, 11) is 3.31. The molecular formula is C20H31N3O3. The number of hydrogen-bond acceptors (Lipinski definition) is 5. The summed E-state index contributed by atoms with van der Waals surface area (Å²) < 4.78 is 10.7. The first-order valence-corrected chi connectivity index (χ1v) is 9.63. The highest BCUT2D eigenvalue weighted by Gasteiger charge is 2.35. The van der Waals surface area contributed by atoms with Gasteiger partial charge >= 0.3 is 0 Å². The number of nitrogens with zero attached hydrogens (tertiary/aromatic N) is 1. The van der Waals surface area contributed by atoms with Gasteiger partial charge in [0, 0.05) is 48.9 Å². The van der Waals surface area contributed by atoms with Crippen LogP contribution in [0.3, 0.4) is 0 Å². The molecule has 0 spiro atoms. The Hall–Kier alpha value is -1.95. The van der Waals surface area contributed by atoms with E-state index in [1.54, 1.807) is 14.2 Å². The topological polar surface area (TPSA) is 76.8 Å². The maximum absolute atomic E-state index is 12.8. The Morgan fingerprint density at radius 1 is 1.12 bits per heavy atom. The number of amides is 1. The molecule has 0 aromatic heterocycles. The number of nitrogens with two attached hydrogens (primary N) is 1. The average molecular weight is 361 g/mol. The summed E-state index contributed by atoms with van der Waals surface area (Å²) in [5.41, 5.74) is 6.84. The van der Waals surface area contributed by atoms with Crippen LogP contribution in [0.1, 0.15) is 32.1 Å². The van der Waals surface area contributed by atoms with Gasteiger partial charge in [0.2, 0.25) is 5.91 Å². The molecule has 6 nitrogen and oxygen atoms in total. The van der Waals surface area contributed by atoms with E-state index in [2.05, 4.69) is 5.32 Å². The van der Waals surface area contributed by atoms with Gasteiger partial charge in [0.1, 0.15) is 11.5 Å². The fourth-order valence-corrected chi connectivity index (χ4v) is 4.25. The van der Waals surface area contributed by atoms with Gasteiger partial charge in [-0.2, -0.15) is 0 Å². The largest absolute Gasteiger partial charge is 0.497 e. The van der Waals surface area contributed by atoms with E-state index < -0.39 is 0 Å². The smallest absolute Gasteiger partial charge is 0.226 e. The standard InChI is InChI=1S/C20H31N3O3/c1-25-17-10-16(11-18(12-17)26-2)22-15-6-8-23(9-7-15)20(24)19-5-3-4-14(19)13-21/h10-12,14-15,19,22H,3-9,13,21H2,1-2H3/t14-,19-/m1/s1. The number of carbonyl (C=O) groups is 1. The first-order valence-electron chi connectivity index (χ1n) is 9.63. The summed E-state index contributed by atoms with van der Waals surface area (Å²) in [4.78, 5) is 14.9. The molecule has 1 saturated carbocycles. The van der Waals surface area contributed by atoms with E-state index in [0.717, 1.165) is 62.4 Å². The summed E-state index contributed by atoms with van der Waals surface area (Å²) in [6.45, 7) is 2.25. The van der Waals surface area contributed by atoms with Gasteiger partial charge in [-0.1, -0.05) is 6.42 Å². The highest BCUT2D eigenvalue weighted by atomic mass is 16.5. The van der Waals surface area contributed by atoms with Crippen LogP contribution in [0.2, 0.25) is 0 Å². The Morgan fingerprint density at radius 3 is 2.35 bits per heavy atom. The Balaban J connectivity index is 1.55. The SMILES string of the molecule is COc1cc(NC2CCN(C(=O)[C@@H]3CCC[C@@H]3CN)CC2)cc(OC)c1. The van der Waals surface area contributed by atoms with Crippen LogP contribution in [-0.4, -0.2) is 50.7 Å². The van der Waals surface area contributed by atoms with Crippen molar-refractivity contribution in [2.75, 3.05) is 39.2 Å². The predicted octanol–water partition coefficient (Wildman–Crippen LogP) is 2.48. The van der Waals surface area contributed by atoms with Crippen molar-refractivity contribution in [3.05, 3.63) is 18.2 Å². The minimum atomic E-state index is 0.146. The van der Waals surface area contributed by atoms with E-state index in [-0.39, 0.29) is 5.92 Å². The summed E-state index contributed by atoms with van der Waals surface area (Å²) in [6, 6.07) is 6.17. The molecule has 3 N–H and O–H groups in total. The summed E-state index contributed by atoms with van der Waals surface area (Å²) in [6.07, 6.45) is 5.13. The van der Waals surface area contributed by atoms with Crippen molar-refractivity contribution in [1.29, 1.82) is 0 Å². The van der Waals surface area contributed by atoms with Gasteiger partial charge in [0.05, 0.1) is 14.2 Å². The van der Waals surface area contributed by atoms with Crippen LogP contribution in [0, 0.1) is 11.8 Å². The molecule has 0 bridgehead atoms. The van der Waals surface area contributed by atoms with Crippen LogP contribution < -0.4 is 20.5 Å². The molecule has 1 aliphatic heterocycles. The van der Waals surface area contributed by atoms with E-state index in [0.29, 0.717) is 24.4 Å². The van der Waals surface area contributed by atoms with Crippen LogP contribution in [0.25, 0.3) is 0 Å². The maximum Gasteiger partial charge on any atom is 0.226 e. The third-order valence-electron chi connectivity index (χ3n) is 5.81. The molecule has 1 saturated heterocycles. The fourth-order valence-electron chi connectivity index (χ4n) is 4.25. The number of likely N-dealkylation sites (tertiary alicyclic amines) is 1. The second-order valence-corrected chi connectivity index (χ2v) is 7.38. The molecular weight excluding hydrogens is 330 g/mol. The monoisotopic (exact) mass is 361 g/mol. The van der Waals surface area contributed by atoms with Crippen molar-refractivity contribution < 1.29 is 14.3 Å². The lowest BCUT2D eigenvalue weighted by molar-refractivity contribution is -0.137. The van der Waals surface area contributed by atoms with Crippen molar-refractivity contribution in [2.24, 2.45) is 17.6 Å². The second-order valence-electron chi connectivity index (χ2n) is 7.38. The molecule has 0 unspecified atom stereocenters. The van der Waals surface area contributed by atoms with Gasteiger partial charge in [-0.25, -0.2) is 0 Å². The minimum Gasteiger partial charge on any atom is -0.497 e. The van der Waals surface area contributed by atoms with Crippen LogP contribution in [0.4, 0.5) is 5.69 Å². The zero-order chi connectivity index (χ0) is 18.5. The maximum atomic E-state index is 12.8. The Morgan fingerprint density at radius 2 is 1.77 bits per heavy atom. The lowest BCUT2D eigenvalue weighted by Crippen LogP contribution is -2.46. The lowest BCUT2D eigenvalue weighted by Gasteiger charge is -2.35. The third-order valence-corrected chi connectivity index (χ3v) is 5.81. The van der Waals surface area contributed by atoms with Crippen molar-refractivity contribution in [3.8, 4) is 11.5 Å². The number of piperidine rings is 1. The first-order chi connectivity index (χ1) is 12.6. The molecule has 1 aromatic rings. The van der Waals surface area contributed by atoms with Crippen molar-refractivity contribution in [1.82, 2.24) is 4.90 Å². The molecule has 1 heterocycles. The Bertz CT molecular complexity index is 592. The van der Waals surface area contributed by atoms with E-state index in [4.69, 9.17) is 15.2 Å². The van der Waals surface area contributed by atoms with Gasteiger partial charge in [0.25, 0.3) is 0 Å². The predicted molar refractivity (Wildman–Crippen MR) is 103 cm³/mol. The van der Waals surface area contributed by atoms with Crippen LogP contribution in [0.5, 0.6) is 11.5 Å². The first kappa shape index (κ1) is 18.8. The lowest BCUT2D eigenvalue weighted by atomic mass is 9.93. The molecule has 1 aromatic carbocycles. The number of benzene rings is 1. The van der Waals surface area contributed by atoms with Crippen molar-refractivity contribution >= 4 is 11.6 Å². The summed E-state index contributed by atoms with van der Waals surface area (Å²) in [5, 5.41) is 3.56. The van der Waals surface area contributed by atoms with E-state index >= 15 is 0 Å². The number of methoxy groups -OCH3 is 2. The minimum absolute atomic E-state index is 0.146. The van der Waals surface area contributed by atoms with E-state index in [9.17, 15) is 4.79 Å². The molecule has 2 aliphatic rings. The van der Waals surface area contributed by atoms with Gasteiger partial charge in [-0.3, -0.25) is 4.79 Å². The van der Waals surface area contributed by atoms with Gasteiger partial charge in [-0.05, 0) is 38.1 Å². The molecule has 2 fully saturated rings. The average Bonchev–Trinajstić information content (AvgIpc) is 3.16. The number of hydrogen-bond donors (Lipinski definition) is 2. The normalized spacial score (nSPS) is 23.7. The Labute approximate surface area is 156 Å². The highest BCUT2D eigenvalue weighted by molar-refractivity contribution is 5.79.